The summed E-state index contributed by atoms with van der Waals surface area (Å²) < 4.78 is 4.93. The molecule has 0 aliphatic carbocycles. The fourth-order valence-corrected chi connectivity index (χ4v) is 3.05. The Hall–Kier alpha value is -0.910. The number of hydrogen-bond donors (Lipinski definition) is 1. The highest BCUT2D eigenvalue weighted by Crippen LogP contribution is 2.17. The molecule has 2 rings (SSSR count). The lowest BCUT2D eigenvalue weighted by molar-refractivity contribution is -0.146. The van der Waals surface area contributed by atoms with E-state index in [2.05, 4.69) is 21.7 Å². The van der Waals surface area contributed by atoms with Gasteiger partial charge < -0.3 is 10.1 Å². The zero-order chi connectivity index (χ0) is 12.8. The van der Waals surface area contributed by atoms with Crippen molar-refractivity contribution in [3.63, 3.8) is 0 Å². The molecular formula is C13H20N2O2S. The van der Waals surface area contributed by atoms with Crippen LogP contribution in [0.3, 0.4) is 0 Å². The van der Waals surface area contributed by atoms with Crippen LogP contribution >= 0.6 is 11.3 Å². The number of piperazine rings is 1. The second-order valence-electron chi connectivity index (χ2n) is 4.55. The summed E-state index contributed by atoms with van der Waals surface area (Å²) in [5, 5.41) is 5.37. The minimum Gasteiger partial charge on any atom is -0.469 e. The monoisotopic (exact) mass is 268 g/mol. The first kappa shape index (κ1) is 13.5. The predicted octanol–water partition coefficient (Wildman–Crippen LogP) is 0.985. The van der Waals surface area contributed by atoms with E-state index < -0.39 is 0 Å². The normalized spacial score (nSPS) is 18.5. The lowest BCUT2D eigenvalue weighted by Crippen LogP contribution is -2.46. The van der Waals surface area contributed by atoms with Crippen molar-refractivity contribution in [2.24, 2.45) is 5.92 Å². The first-order valence-electron chi connectivity index (χ1n) is 6.33. The van der Waals surface area contributed by atoms with Crippen LogP contribution in [-0.4, -0.2) is 50.7 Å². The number of ether oxygens (including phenoxy) is 1. The van der Waals surface area contributed by atoms with Crippen LogP contribution in [0, 0.1) is 5.92 Å². The molecule has 1 aromatic heterocycles. The van der Waals surface area contributed by atoms with Crippen molar-refractivity contribution in [2.45, 2.75) is 6.42 Å². The molecule has 1 atom stereocenters. The molecule has 0 saturated carbocycles. The smallest absolute Gasteiger partial charge is 0.310 e. The van der Waals surface area contributed by atoms with Crippen LogP contribution < -0.4 is 5.32 Å². The van der Waals surface area contributed by atoms with Crippen molar-refractivity contribution in [1.82, 2.24) is 10.2 Å². The van der Waals surface area contributed by atoms with Crippen molar-refractivity contribution >= 4 is 17.3 Å². The lowest BCUT2D eigenvalue weighted by Gasteiger charge is -2.29. The summed E-state index contributed by atoms with van der Waals surface area (Å²) >= 11 is 1.70. The van der Waals surface area contributed by atoms with E-state index >= 15 is 0 Å². The van der Waals surface area contributed by atoms with Crippen LogP contribution in [0.5, 0.6) is 0 Å². The number of carbonyl (C=O) groups excluding carboxylic acids is 1. The number of methoxy groups -OCH3 is 1. The summed E-state index contributed by atoms with van der Waals surface area (Å²) in [5.74, 6) is -0.145. The topological polar surface area (TPSA) is 41.6 Å². The first-order valence-corrected chi connectivity index (χ1v) is 7.21. The maximum Gasteiger partial charge on any atom is 0.310 e. The van der Waals surface area contributed by atoms with Crippen molar-refractivity contribution < 1.29 is 9.53 Å². The molecule has 1 aromatic rings. The van der Waals surface area contributed by atoms with Gasteiger partial charge in [0.05, 0.1) is 13.0 Å². The van der Waals surface area contributed by atoms with Crippen molar-refractivity contribution in [3.05, 3.63) is 22.4 Å². The maximum atomic E-state index is 11.9. The number of nitrogens with zero attached hydrogens (tertiary/aromatic N) is 1. The summed E-state index contributed by atoms with van der Waals surface area (Å²) in [4.78, 5) is 15.4. The SMILES string of the molecule is COC(=O)C(Cc1cccs1)CN1CCNCC1. The Morgan fingerprint density at radius 2 is 2.33 bits per heavy atom. The summed E-state index contributed by atoms with van der Waals surface area (Å²) in [6, 6.07) is 4.11. The highest BCUT2D eigenvalue weighted by Gasteiger charge is 2.24. The average Bonchev–Trinajstić information content (AvgIpc) is 2.91. The predicted molar refractivity (Wildman–Crippen MR) is 72.8 cm³/mol. The Labute approximate surface area is 112 Å². The highest BCUT2D eigenvalue weighted by atomic mass is 32.1. The van der Waals surface area contributed by atoms with E-state index in [9.17, 15) is 4.79 Å². The summed E-state index contributed by atoms with van der Waals surface area (Å²) in [6.45, 7) is 4.84. The molecule has 1 unspecified atom stereocenters. The number of esters is 1. The van der Waals surface area contributed by atoms with E-state index in [1.165, 1.54) is 12.0 Å². The number of hydrogen-bond acceptors (Lipinski definition) is 5. The zero-order valence-corrected chi connectivity index (χ0v) is 11.5. The van der Waals surface area contributed by atoms with Gasteiger partial charge in [0.2, 0.25) is 0 Å². The summed E-state index contributed by atoms with van der Waals surface area (Å²) in [6.07, 6.45) is 0.786. The van der Waals surface area contributed by atoms with Crippen LogP contribution in [0.15, 0.2) is 17.5 Å². The Morgan fingerprint density at radius 3 is 2.94 bits per heavy atom. The van der Waals surface area contributed by atoms with Gasteiger partial charge in [0.15, 0.2) is 0 Å². The molecule has 18 heavy (non-hydrogen) atoms. The lowest BCUT2D eigenvalue weighted by atomic mass is 10.0. The van der Waals surface area contributed by atoms with Gasteiger partial charge in [0, 0.05) is 37.6 Å². The molecular weight excluding hydrogens is 248 g/mol. The van der Waals surface area contributed by atoms with E-state index in [-0.39, 0.29) is 11.9 Å². The second kappa shape index (κ2) is 6.87. The van der Waals surface area contributed by atoms with Gasteiger partial charge in [-0.25, -0.2) is 0 Å². The third kappa shape index (κ3) is 3.80. The standard InChI is InChI=1S/C13H20N2O2S/c1-17-13(16)11(9-12-3-2-8-18-12)10-15-6-4-14-5-7-15/h2-3,8,11,14H,4-7,9-10H2,1H3. The minimum atomic E-state index is -0.0954. The van der Waals surface area contributed by atoms with Gasteiger partial charge in [0.1, 0.15) is 0 Å². The van der Waals surface area contributed by atoms with E-state index in [4.69, 9.17) is 4.74 Å². The van der Waals surface area contributed by atoms with Gasteiger partial charge in [0.25, 0.3) is 0 Å². The maximum absolute atomic E-state index is 11.9. The van der Waals surface area contributed by atoms with Crippen molar-refractivity contribution in [3.8, 4) is 0 Å². The molecule has 2 heterocycles. The van der Waals surface area contributed by atoms with Gasteiger partial charge in [-0.15, -0.1) is 11.3 Å². The molecule has 5 heteroatoms. The molecule has 100 valence electrons. The average molecular weight is 268 g/mol. The molecule has 1 aliphatic rings. The number of carbonyl (C=O) groups is 1. The quantitative estimate of drug-likeness (QED) is 0.809. The Balaban J connectivity index is 1.93. The molecule has 1 N–H and O–H groups in total. The Morgan fingerprint density at radius 1 is 1.56 bits per heavy atom. The molecule has 0 aromatic carbocycles. The molecule has 0 bridgehead atoms. The van der Waals surface area contributed by atoms with Gasteiger partial charge in [-0.3, -0.25) is 9.69 Å². The van der Waals surface area contributed by atoms with E-state index in [0.717, 1.165) is 39.1 Å². The second-order valence-corrected chi connectivity index (χ2v) is 5.59. The fourth-order valence-electron chi connectivity index (χ4n) is 2.27. The fraction of sp³-hybridized carbons (Fsp3) is 0.615. The third-order valence-electron chi connectivity index (χ3n) is 3.25. The van der Waals surface area contributed by atoms with E-state index in [1.54, 1.807) is 11.3 Å². The zero-order valence-electron chi connectivity index (χ0n) is 10.7. The van der Waals surface area contributed by atoms with Crippen LogP contribution in [0.1, 0.15) is 4.88 Å². The van der Waals surface area contributed by atoms with Gasteiger partial charge >= 0.3 is 5.97 Å². The number of thiophene rings is 1. The molecule has 1 fully saturated rings. The number of rotatable bonds is 5. The van der Waals surface area contributed by atoms with Crippen molar-refractivity contribution in [1.29, 1.82) is 0 Å². The minimum absolute atomic E-state index is 0.0493. The first-order chi connectivity index (χ1) is 8.79. The van der Waals surface area contributed by atoms with Crippen LogP contribution in [-0.2, 0) is 16.0 Å². The highest BCUT2D eigenvalue weighted by molar-refractivity contribution is 7.09. The van der Waals surface area contributed by atoms with Gasteiger partial charge in [-0.2, -0.15) is 0 Å². The Bertz CT molecular complexity index is 361. The third-order valence-corrected chi connectivity index (χ3v) is 4.15. The molecule has 4 nitrogen and oxygen atoms in total. The van der Waals surface area contributed by atoms with E-state index in [0.29, 0.717) is 0 Å². The van der Waals surface area contributed by atoms with Crippen LogP contribution in [0.4, 0.5) is 0 Å². The Kier molecular flexibility index (Phi) is 5.16. The van der Waals surface area contributed by atoms with Crippen molar-refractivity contribution in [2.75, 3.05) is 39.8 Å². The number of nitrogens with one attached hydrogen (secondary N) is 1. The van der Waals surface area contributed by atoms with Gasteiger partial charge in [-0.1, -0.05) is 6.07 Å². The van der Waals surface area contributed by atoms with E-state index in [1.807, 2.05) is 6.07 Å². The molecule has 1 saturated heterocycles. The van der Waals surface area contributed by atoms with Gasteiger partial charge in [-0.05, 0) is 17.9 Å². The molecule has 0 amide bonds. The largest absolute Gasteiger partial charge is 0.469 e. The summed E-state index contributed by atoms with van der Waals surface area (Å²) in [7, 11) is 1.47. The molecule has 1 aliphatic heterocycles. The molecule has 0 radical (unpaired) electrons. The van der Waals surface area contributed by atoms with Crippen LogP contribution in [0.2, 0.25) is 0 Å². The van der Waals surface area contributed by atoms with Crippen LogP contribution in [0.25, 0.3) is 0 Å². The summed E-state index contributed by atoms with van der Waals surface area (Å²) in [5.41, 5.74) is 0. The molecule has 0 spiro atoms.